The van der Waals surface area contributed by atoms with Crippen LogP contribution in [-0.4, -0.2) is 11.4 Å². The van der Waals surface area contributed by atoms with E-state index >= 15 is 0 Å². The lowest BCUT2D eigenvalue weighted by Crippen LogP contribution is -2.04. The summed E-state index contributed by atoms with van der Waals surface area (Å²) >= 11 is 0. The number of aliphatic hydroxyl groups is 1. The summed E-state index contributed by atoms with van der Waals surface area (Å²) in [6, 6.07) is 11.3. The van der Waals surface area contributed by atoms with E-state index in [1.165, 1.54) is 36.4 Å². The van der Waals surface area contributed by atoms with Crippen LogP contribution in [0.4, 0.5) is 8.78 Å². The lowest BCUT2D eigenvalue weighted by atomic mass is 9.99. The molecule has 0 fully saturated rings. The van der Waals surface area contributed by atoms with Gasteiger partial charge in [0.1, 0.15) is 17.9 Å². The van der Waals surface area contributed by atoms with Gasteiger partial charge < -0.3 is 5.11 Å². The third-order valence-corrected chi connectivity index (χ3v) is 2.85. The summed E-state index contributed by atoms with van der Waals surface area (Å²) in [7, 11) is 0. The Hall–Kier alpha value is -2.07. The van der Waals surface area contributed by atoms with E-state index in [0.29, 0.717) is 11.8 Å². The molecule has 112 valence electrons. The minimum absolute atomic E-state index is 0.162. The summed E-state index contributed by atoms with van der Waals surface area (Å²) in [6.07, 6.45) is 0.185. The van der Waals surface area contributed by atoms with Gasteiger partial charge in [-0.2, -0.15) is 0 Å². The van der Waals surface area contributed by atoms with E-state index in [-0.39, 0.29) is 17.6 Å². The molecule has 1 atom stereocenters. The van der Waals surface area contributed by atoms with Gasteiger partial charge in [-0.1, -0.05) is 26.0 Å². The van der Waals surface area contributed by atoms with Gasteiger partial charge in [-0.05, 0) is 47.9 Å². The molecule has 0 heterocycles. The van der Waals surface area contributed by atoms with E-state index in [2.05, 4.69) is 0 Å². The van der Waals surface area contributed by atoms with Gasteiger partial charge in [0.25, 0.3) is 0 Å². The average molecular weight is 292 g/mol. The normalized spacial score (nSPS) is 11.5. The SMILES string of the molecule is CC(C)C(O)c1ccc(F)cc1.O=Cc1ccc(F)cc1. The summed E-state index contributed by atoms with van der Waals surface area (Å²) in [5, 5.41) is 9.57. The van der Waals surface area contributed by atoms with Crippen LogP contribution in [0, 0.1) is 17.6 Å². The van der Waals surface area contributed by atoms with Crippen LogP contribution in [0.3, 0.4) is 0 Å². The minimum atomic E-state index is -0.495. The summed E-state index contributed by atoms with van der Waals surface area (Å²) in [5.74, 6) is -0.425. The topological polar surface area (TPSA) is 37.3 Å². The Balaban J connectivity index is 0.000000219. The fourth-order valence-electron chi connectivity index (χ4n) is 1.59. The van der Waals surface area contributed by atoms with Crippen LogP contribution >= 0.6 is 0 Å². The number of carbonyl (C=O) groups is 1. The highest BCUT2D eigenvalue weighted by atomic mass is 19.1. The highest BCUT2D eigenvalue weighted by Gasteiger charge is 2.10. The van der Waals surface area contributed by atoms with Gasteiger partial charge in [-0.25, -0.2) is 8.78 Å². The second-order valence-electron chi connectivity index (χ2n) is 4.91. The van der Waals surface area contributed by atoms with E-state index in [1.54, 1.807) is 12.1 Å². The Labute approximate surface area is 123 Å². The van der Waals surface area contributed by atoms with Crippen molar-refractivity contribution in [2.75, 3.05) is 0 Å². The van der Waals surface area contributed by atoms with Crippen molar-refractivity contribution in [1.82, 2.24) is 0 Å². The predicted molar refractivity (Wildman–Crippen MR) is 78.0 cm³/mol. The Morgan fingerprint density at radius 1 is 0.905 bits per heavy atom. The molecule has 0 radical (unpaired) electrons. The van der Waals surface area contributed by atoms with Gasteiger partial charge in [-0.15, -0.1) is 0 Å². The molecular weight excluding hydrogens is 274 g/mol. The lowest BCUT2D eigenvalue weighted by Gasteiger charge is -2.14. The molecule has 0 saturated heterocycles. The summed E-state index contributed by atoms with van der Waals surface area (Å²) in [4.78, 5) is 10.00. The quantitative estimate of drug-likeness (QED) is 0.863. The second-order valence-corrected chi connectivity index (χ2v) is 4.91. The molecule has 2 aromatic rings. The largest absolute Gasteiger partial charge is 0.388 e. The highest BCUT2D eigenvalue weighted by Crippen LogP contribution is 2.20. The number of carbonyl (C=O) groups excluding carboxylic acids is 1. The molecule has 0 aliphatic carbocycles. The molecule has 2 rings (SSSR count). The van der Waals surface area contributed by atoms with E-state index in [4.69, 9.17) is 0 Å². The van der Waals surface area contributed by atoms with Crippen LogP contribution in [0.15, 0.2) is 48.5 Å². The zero-order chi connectivity index (χ0) is 15.8. The van der Waals surface area contributed by atoms with E-state index in [1.807, 2.05) is 13.8 Å². The molecule has 0 spiro atoms. The predicted octanol–water partition coefficient (Wildman–Crippen LogP) is 4.15. The first kappa shape index (κ1) is 17.0. The molecule has 0 aliphatic rings. The Morgan fingerprint density at radius 2 is 1.33 bits per heavy atom. The number of hydrogen-bond acceptors (Lipinski definition) is 2. The number of aliphatic hydroxyl groups excluding tert-OH is 1. The van der Waals surface area contributed by atoms with Crippen LogP contribution in [0.5, 0.6) is 0 Å². The molecule has 21 heavy (non-hydrogen) atoms. The van der Waals surface area contributed by atoms with Crippen molar-refractivity contribution < 1.29 is 18.7 Å². The zero-order valence-electron chi connectivity index (χ0n) is 12.0. The van der Waals surface area contributed by atoms with Crippen LogP contribution in [-0.2, 0) is 0 Å². The standard InChI is InChI=1S/C10H13FO.C7H5FO/c1-7(2)10(12)8-3-5-9(11)6-4-8;8-7-3-1-6(5-9)2-4-7/h3-7,10,12H,1-2H3;1-5H. The van der Waals surface area contributed by atoms with Crippen molar-refractivity contribution in [2.24, 2.45) is 5.92 Å². The van der Waals surface area contributed by atoms with Crippen molar-refractivity contribution in [3.8, 4) is 0 Å². The van der Waals surface area contributed by atoms with E-state index in [0.717, 1.165) is 5.56 Å². The van der Waals surface area contributed by atoms with Gasteiger partial charge in [0.2, 0.25) is 0 Å². The first-order chi connectivity index (χ1) is 9.93. The molecule has 0 saturated carbocycles. The number of aldehydes is 1. The zero-order valence-corrected chi connectivity index (χ0v) is 12.0. The third kappa shape index (κ3) is 5.83. The Kier molecular flexibility index (Phi) is 6.69. The van der Waals surface area contributed by atoms with E-state index < -0.39 is 6.10 Å². The van der Waals surface area contributed by atoms with Crippen molar-refractivity contribution in [3.63, 3.8) is 0 Å². The highest BCUT2D eigenvalue weighted by molar-refractivity contribution is 5.74. The van der Waals surface area contributed by atoms with Gasteiger partial charge in [-0.3, -0.25) is 4.79 Å². The molecule has 2 nitrogen and oxygen atoms in total. The van der Waals surface area contributed by atoms with Crippen LogP contribution < -0.4 is 0 Å². The number of benzene rings is 2. The second kappa shape index (κ2) is 8.27. The summed E-state index contributed by atoms with van der Waals surface area (Å²) in [6.45, 7) is 3.85. The van der Waals surface area contributed by atoms with Crippen molar-refractivity contribution in [1.29, 1.82) is 0 Å². The summed E-state index contributed by atoms with van der Waals surface area (Å²) in [5.41, 5.74) is 1.27. The minimum Gasteiger partial charge on any atom is -0.388 e. The first-order valence-electron chi connectivity index (χ1n) is 6.58. The van der Waals surface area contributed by atoms with Gasteiger partial charge >= 0.3 is 0 Å². The molecule has 0 aliphatic heterocycles. The molecule has 0 amide bonds. The number of halogens is 2. The third-order valence-electron chi connectivity index (χ3n) is 2.85. The lowest BCUT2D eigenvalue weighted by molar-refractivity contribution is 0.112. The van der Waals surface area contributed by atoms with Crippen LogP contribution in [0.2, 0.25) is 0 Å². The van der Waals surface area contributed by atoms with Gasteiger partial charge in [0, 0.05) is 5.56 Å². The summed E-state index contributed by atoms with van der Waals surface area (Å²) < 4.78 is 24.6. The first-order valence-corrected chi connectivity index (χ1v) is 6.58. The molecule has 1 unspecified atom stereocenters. The van der Waals surface area contributed by atoms with E-state index in [9.17, 15) is 18.7 Å². The fraction of sp³-hybridized carbons (Fsp3) is 0.235. The monoisotopic (exact) mass is 292 g/mol. The molecular formula is C17H18F2O2. The Morgan fingerprint density at radius 3 is 1.71 bits per heavy atom. The molecule has 1 N–H and O–H groups in total. The number of hydrogen-bond donors (Lipinski definition) is 1. The average Bonchev–Trinajstić information content (AvgIpc) is 2.49. The maximum absolute atomic E-state index is 12.5. The van der Waals surface area contributed by atoms with Crippen molar-refractivity contribution in [3.05, 3.63) is 71.3 Å². The van der Waals surface area contributed by atoms with Crippen LogP contribution in [0.1, 0.15) is 35.9 Å². The van der Waals surface area contributed by atoms with Crippen molar-refractivity contribution >= 4 is 6.29 Å². The molecule has 2 aromatic carbocycles. The smallest absolute Gasteiger partial charge is 0.150 e. The fourth-order valence-corrected chi connectivity index (χ4v) is 1.59. The molecule has 0 bridgehead atoms. The number of rotatable bonds is 3. The molecule has 0 aromatic heterocycles. The maximum Gasteiger partial charge on any atom is 0.150 e. The Bertz CT molecular complexity index is 548. The van der Waals surface area contributed by atoms with Gasteiger partial charge in [0.15, 0.2) is 0 Å². The van der Waals surface area contributed by atoms with Crippen LogP contribution in [0.25, 0.3) is 0 Å². The molecule has 4 heteroatoms. The van der Waals surface area contributed by atoms with Crippen molar-refractivity contribution in [2.45, 2.75) is 20.0 Å². The maximum atomic E-state index is 12.5. The van der Waals surface area contributed by atoms with Gasteiger partial charge in [0.05, 0.1) is 6.10 Å².